The highest BCUT2D eigenvalue weighted by atomic mass is 16.6. The van der Waals surface area contributed by atoms with Gasteiger partial charge >= 0.3 is 47.8 Å². The molecule has 0 amide bonds. The fourth-order valence-corrected chi connectivity index (χ4v) is 6.13. The highest BCUT2D eigenvalue weighted by molar-refractivity contribution is 6.19. The summed E-state index contributed by atoms with van der Waals surface area (Å²) < 4.78 is 20.6. The molecule has 0 atom stereocenters. The monoisotopic (exact) mass is 696 g/mol. The second-order valence-corrected chi connectivity index (χ2v) is 11.2. The van der Waals surface area contributed by atoms with E-state index in [0.29, 0.717) is 0 Å². The van der Waals surface area contributed by atoms with Gasteiger partial charge in [-0.15, -0.1) is 0 Å². The summed E-state index contributed by atoms with van der Waals surface area (Å²) in [7, 11) is 0. The van der Waals surface area contributed by atoms with Crippen LogP contribution in [0.25, 0.3) is 0 Å². The number of hydrogen-bond acceptors (Lipinski definition) is 12. The van der Waals surface area contributed by atoms with E-state index in [0.717, 1.165) is 24.3 Å². The molecule has 0 unspecified atom stereocenters. The smallest absolute Gasteiger partial charge is 0.347 e. The molecule has 51 heavy (non-hydrogen) atoms. The Labute approximate surface area is 284 Å². The lowest BCUT2D eigenvalue weighted by Crippen LogP contribution is -2.62. The van der Waals surface area contributed by atoms with Crippen molar-refractivity contribution >= 4 is 47.8 Å². The Balaban J connectivity index is 1.44. The Morgan fingerprint density at radius 2 is 0.824 bits per heavy atom. The van der Waals surface area contributed by atoms with Gasteiger partial charge in [0.2, 0.25) is 0 Å². The molecule has 4 aromatic carbocycles. The second kappa shape index (κ2) is 12.3. The van der Waals surface area contributed by atoms with E-state index in [1.807, 2.05) is 0 Å². The third-order valence-electron chi connectivity index (χ3n) is 8.42. The van der Waals surface area contributed by atoms with Crippen molar-refractivity contribution in [2.45, 2.75) is 11.8 Å². The van der Waals surface area contributed by atoms with E-state index >= 15 is 0 Å². The normalized spacial score (nSPS) is 13.5. The van der Waals surface area contributed by atoms with Crippen LogP contribution in [0.4, 0.5) is 0 Å². The highest BCUT2D eigenvalue weighted by Crippen LogP contribution is 2.52. The van der Waals surface area contributed by atoms with Crippen LogP contribution in [0.15, 0.2) is 84.9 Å². The lowest BCUT2D eigenvalue weighted by Gasteiger charge is -2.42. The minimum atomic E-state index is -3.82. The summed E-state index contributed by atoms with van der Waals surface area (Å²) >= 11 is 0. The number of rotatable bonds is 12. The van der Waals surface area contributed by atoms with E-state index < -0.39 is 65.0 Å². The molecule has 2 heterocycles. The van der Waals surface area contributed by atoms with Crippen LogP contribution >= 0.6 is 0 Å². The fraction of sp³-hybridized carbons (Fsp3) is 0.0857. The average molecular weight is 697 g/mol. The summed E-state index contributed by atoms with van der Waals surface area (Å²) in [5, 5.41) is 41.1. The van der Waals surface area contributed by atoms with E-state index in [2.05, 4.69) is 9.47 Å². The van der Waals surface area contributed by atoms with Crippen LogP contribution in [0.3, 0.4) is 0 Å². The quantitative estimate of drug-likeness (QED) is 0.121. The molecular formula is C35H20O16. The van der Waals surface area contributed by atoms with Crippen LogP contribution < -0.4 is 9.47 Å². The molecule has 4 N–H and O–H groups in total. The minimum Gasteiger partial charge on any atom is -0.481 e. The van der Waals surface area contributed by atoms with E-state index in [1.54, 1.807) is 0 Å². The zero-order chi connectivity index (χ0) is 36.8. The lowest BCUT2D eigenvalue weighted by molar-refractivity contribution is -0.181. The van der Waals surface area contributed by atoms with Crippen LogP contribution in [-0.4, -0.2) is 68.2 Å². The van der Waals surface area contributed by atoms with Crippen LogP contribution in [0.2, 0.25) is 0 Å². The summed E-state index contributed by atoms with van der Waals surface area (Å²) in [5.74, 6) is -12.2. The molecule has 0 radical (unpaired) electrons. The summed E-state index contributed by atoms with van der Waals surface area (Å²) in [6.07, 6.45) is -1.35. The molecule has 256 valence electrons. The third kappa shape index (κ3) is 5.36. The number of carboxylic acid groups (broad SMARTS) is 4. The maximum absolute atomic E-state index is 12.9. The number of fused-ring (bicyclic) bond motifs is 2. The van der Waals surface area contributed by atoms with Gasteiger partial charge in [0.15, 0.2) is 0 Å². The summed E-state index contributed by atoms with van der Waals surface area (Å²) in [4.78, 5) is 98.5. The van der Waals surface area contributed by atoms with Gasteiger partial charge in [0.05, 0.1) is 34.1 Å². The van der Waals surface area contributed by atoms with Gasteiger partial charge in [-0.2, -0.15) is 0 Å². The van der Waals surface area contributed by atoms with Gasteiger partial charge in [-0.25, -0.2) is 19.2 Å². The van der Waals surface area contributed by atoms with Gasteiger partial charge in [-0.05, 0) is 71.8 Å². The van der Waals surface area contributed by atoms with Crippen molar-refractivity contribution in [1.29, 1.82) is 0 Å². The summed E-state index contributed by atoms with van der Waals surface area (Å²) in [5.41, 5.74) is -7.48. The van der Waals surface area contributed by atoms with E-state index in [1.165, 1.54) is 60.7 Å². The largest absolute Gasteiger partial charge is 0.481 e. The number of carbonyl (C=O) groups is 8. The van der Waals surface area contributed by atoms with Crippen LogP contribution in [0, 0.1) is 5.41 Å². The fourth-order valence-electron chi connectivity index (χ4n) is 6.13. The summed E-state index contributed by atoms with van der Waals surface area (Å²) in [6, 6.07) is 16.9. The number of cyclic esters (lactones) is 4. The first-order chi connectivity index (χ1) is 24.2. The number of ether oxygens (including phenoxy) is 4. The number of carbonyl (C=O) groups excluding carboxylic acids is 4. The highest BCUT2D eigenvalue weighted by Gasteiger charge is 2.70. The second-order valence-electron chi connectivity index (χ2n) is 11.2. The van der Waals surface area contributed by atoms with Gasteiger partial charge in [0.25, 0.3) is 5.41 Å². The van der Waals surface area contributed by atoms with Crippen molar-refractivity contribution in [1.82, 2.24) is 0 Å². The molecule has 0 fully saturated rings. The molecule has 0 aromatic heterocycles. The van der Waals surface area contributed by atoms with Crippen LogP contribution in [0.5, 0.6) is 23.0 Å². The Bertz CT molecular complexity index is 2060. The number of benzene rings is 4. The molecule has 2 aliphatic rings. The molecular weight excluding hydrogens is 676 g/mol. The van der Waals surface area contributed by atoms with Crippen molar-refractivity contribution in [2.75, 3.05) is 0 Å². The Kier molecular flexibility index (Phi) is 8.07. The zero-order valence-corrected chi connectivity index (χ0v) is 25.5. The summed E-state index contributed by atoms with van der Waals surface area (Å²) in [6.45, 7) is 0. The van der Waals surface area contributed by atoms with Gasteiger partial charge in [-0.1, -0.05) is 24.3 Å². The van der Waals surface area contributed by atoms with Gasteiger partial charge in [0, 0.05) is 0 Å². The number of carboxylic acids is 4. The molecule has 2 aliphatic heterocycles. The predicted octanol–water partition coefficient (Wildman–Crippen LogP) is 3.89. The van der Waals surface area contributed by atoms with E-state index in [4.69, 9.17) is 9.47 Å². The maximum atomic E-state index is 12.9. The standard InChI is InChI=1S/C35H20O16/c36-26(37)15-34(35(31(42)43,32(44)45)33(46)47,16-1-5-18(6-2-16)48-20-9-11-22-24(13-20)29(40)50-27(22)38)17-3-7-19(8-4-17)49-21-10-12-23-25(14-21)30(41)51-28(23)39/h1-14H,15H2,(H,36,37)(H,42,43)(H,44,45)(H,46,47). The molecule has 16 heteroatoms. The first kappa shape index (κ1) is 33.5. The first-order valence-electron chi connectivity index (χ1n) is 14.5. The zero-order valence-electron chi connectivity index (χ0n) is 25.5. The topological polar surface area (TPSA) is 254 Å². The van der Waals surface area contributed by atoms with Crippen LogP contribution in [0.1, 0.15) is 59.0 Å². The van der Waals surface area contributed by atoms with Crippen molar-refractivity contribution in [3.8, 4) is 23.0 Å². The molecule has 6 rings (SSSR count). The van der Waals surface area contributed by atoms with Gasteiger partial charge in [0.1, 0.15) is 23.0 Å². The van der Waals surface area contributed by atoms with E-state index in [-0.39, 0.29) is 56.4 Å². The van der Waals surface area contributed by atoms with Gasteiger partial charge in [-0.3, -0.25) is 19.2 Å². The Hall–Kier alpha value is -7.36. The maximum Gasteiger partial charge on any atom is 0.347 e. The Morgan fingerprint density at radius 1 is 0.490 bits per heavy atom. The number of hydrogen-bond donors (Lipinski definition) is 4. The van der Waals surface area contributed by atoms with Crippen molar-refractivity contribution in [3.05, 3.63) is 118 Å². The first-order valence-corrected chi connectivity index (χ1v) is 14.5. The van der Waals surface area contributed by atoms with Crippen molar-refractivity contribution in [3.63, 3.8) is 0 Å². The number of esters is 4. The molecule has 0 saturated heterocycles. The Morgan fingerprint density at radius 3 is 1.16 bits per heavy atom. The predicted molar refractivity (Wildman–Crippen MR) is 164 cm³/mol. The van der Waals surface area contributed by atoms with Crippen LogP contribution in [-0.2, 0) is 34.1 Å². The molecule has 0 saturated carbocycles. The SMILES string of the molecule is O=C(O)CC(c1ccc(Oc2ccc3c(c2)C(=O)OC3=O)cc1)(c1ccc(Oc2ccc3c(c2)C(=O)OC3=O)cc1)C(C(=O)O)(C(=O)O)C(=O)O. The number of aliphatic carboxylic acids is 4. The van der Waals surface area contributed by atoms with Crippen molar-refractivity contribution < 1.29 is 77.7 Å². The molecule has 16 nitrogen and oxygen atoms in total. The molecule has 0 spiro atoms. The minimum absolute atomic E-state index is 0.0101. The lowest BCUT2D eigenvalue weighted by atomic mass is 9.54. The molecule has 0 bridgehead atoms. The molecule has 0 aliphatic carbocycles. The third-order valence-corrected chi connectivity index (χ3v) is 8.42. The molecule has 4 aromatic rings. The van der Waals surface area contributed by atoms with Crippen molar-refractivity contribution in [2.24, 2.45) is 5.41 Å². The van der Waals surface area contributed by atoms with E-state index in [9.17, 15) is 58.8 Å². The van der Waals surface area contributed by atoms with Gasteiger partial charge < -0.3 is 39.4 Å². The average Bonchev–Trinajstić information content (AvgIpc) is 3.52.